The average Bonchev–Trinajstić information content (AvgIpc) is 3.13. The van der Waals surface area contributed by atoms with E-state index in [0.29, 0.717) is 25.6 Å². The Morgan fingerprint density at radius 2 is 2.04 bits per heavy atom. The van der Waals surface area contributed by atoms with Crippen LogP contribution in [0.3, 0.4) is 0 Å². The van der Waals surface area contributed by atoms with Crippen molar-refractivity contribution in [1.82, 2.24) is 35.2 Å². The number of carbonyl (C=O) groups excluding carboxylic acids is 2. The predicted molar refractivity (Wildman–Crippen MR) is 91.6 cm³/mol. The minimum absolute atomic E-state index is 0.000682. The van der Waals surface area contributed by atoms with E-state index in [4.69, 9.17) is 0 Å². The van der Waals surface area contributed by atoms with E-state index >= 15 is 0 Å². The monoisotopic (exact) mass is 349 g/mol. The summed E-state index contributed by atoms with van der Waals surface area (Å²) in [6, 6.07) is -0.000682. The molecule has 25 heavy (non-hydrogen) atoms. The highest BCUT2D eigenvalue weighted by atomic mass is 16.2. The van der Waals surface area contributed by atoms with Crippen molar-refractivity contribution in [2.75, 3.05) is 45.8 Å². The van der Waals surface area contributed by atoms with Gasteiger partial charge < -0.3 is 15.1 Å². The molecule has 0 aliphatic carbocycles. The molecule has 3 amide bonds. The summed E-state index contributed by atoms with van der Waals surface area (Å²) in [7, 11) is 0. The van der Waals surface area contributed by atoms with Crippen LogP contribution in [0, 0.1) is 5.92 Å². The molecule has 9 nitrogen and oxygen atoms in total. The number of carbonyl (C=O) groups is 2. The fourth-order valence-corrected chi connectivity index (χ4v) is 3.49. The fourth-order valence-electron chi connectivity index (χ4n) is 3.49. The molecule has 1 aromatic rings. The SMILES string of the molecule is CC(=O)N1CCC[C@H](CNC(=O)N2CCN(Cc3ncn[nH]3)CC2)C1. The van der Waals surface area contributed by atoms with Gasteiger partial charge in [-0.1, -0.05) is 0 Å². The summed E-state index contributed by atoms with van der Waals surface area (Å²) < 4.78 is 0. The van der Waals surface area contributed by atoms with E-state index in [9.17, 15) is 9.59 Å². The van der Waals surface area contributed by atoms with Gasteiger partial charge in [0.2, 0.25) is 5.91 Å². The van der Waals surface area contributed by atoms with Crippen molar-refractivity contribution < 1.29 is 9.59 Å². The zero-order valence-electron chi connectivity index (χ0n) is 14.8. The maximum Gasteiger partial charge on any atom is 0.317 e. The molecule has 0 spiro atoms. The second kappa shape index (κ2) is 8.28. The van der Waals surface area contributed by atoms with Crippen LogP contribution in [0.4, 0.5) is 4.79 Å². The molecule has 0 bridgehead atoms. The highest BCUT2D eigenvalue weighted by molar-refractivity contribution is 5.74. The van der Waals surface area contributed by atoms with Gasteiger partial charge in [-0.3, -0.25) is 14.8 Å². The Kier molecular flexibility index (Phi) is 5.85. The van der Waals surface area contributed by atoms with Crippen molar-refractivity contribution in [3.8, 4) is 0 Å². The number of aromatic amines is 1. The van der Waals surface area contributed by atoms with Gasteiger partial charge in [0.05, 0.1) is 6.54 Å². The van der Waals surface area contributed by atoms with E-state index in [0.717, 1.165) is 51.4 Å². The first-order chi connectivity index (χ1) is 12.1. The number of aromatic nitrogens is 3. The summed E-state index contributed by atoms with van der Waals surface area (Å²) in [5, 5.41) is 9.76. The maximum atomic E-state index is 12.4. The Balaban J connectivity index is 1.37. The van der Waals surface area contributed by atoms with Crippen LogP contribution < -0.4 is 5.32 Å². The molecule has 2 aliphatic rings. The summed E-state index contributed by atoms with van der Waals surface area (Å²) >= 11 is 0. The van der Waals surface area contributed by atoms with Crippen molar-refractivity contribution in [2.24, 2.45) is 5.92 Å². The Morgan fingerprint density at radius 3 is 2.72 bits per heavy atom. The third kappa shape index (κ3) is 4.91. The van der Waals surface area contributed by atoms with Crippen LogP contribution in [0.5, 0.6) is 0 Å². The number of hydrogen-bond donors (Lipinski definition) is 2. The molecule has 138 valence electrons. The molecule has 0 radical (unpaired) electrons. The van der Waals surface area contributed by atoms with Gasteiger partial charge in [-0.25, -0.2) is 9.78 Å². The molecule has 0 aromatic carbocycles. The number of rotatable bonds is 4. The van der Waals surface area contributed by atoms with Gasteiger partial charge in [-0.15, -0.1) is 0 Å². The van der Waals surface area contributed by atoms with Crippen LogP contribution in [0.1, 0.15) is 25.6 Å². The molecular weight excluding hydrogens is 322 g/mol. The Hall–Kier alpha value is -2.16. The van der Waals surface area contributed by atoms with Crippen molar-refractivity contribution in [1.29, 1.82) is 0 Å². The minimum atomic E-state index is -0.000682. The normalized spacial score (nSPS) is 22.0. The largest absolute Gasteiger partial charge is 0.343 e. The molecule has 2 N–H and O–H groups in total. The molecule has 3 rings (SSSR count). The Morgan fingerprint density at radius 1 is 1.24 bits per heavy atom. The van der Waals surface area contributed by atoms with Crippen LogP contribution in [0.2, 0.25) is 0 Å². The van der Waals surface area contributed by atoms with Crippen LogP contribution in [-0.2, 0) is 11.3 Å². The molecule has 2 fully saturated rings. The lowest BCUT2D eigenvalue weighted by Crippen LogP contribution is -2.52. The van der Waals surface area contributed by atoms with Gasteiger partial charge in [0.15, 0.2) is 0 Å². The van der Waals surface area contributed by atoms with Gasteiger partial charge in [0.25, 0.3) is 0 Å². The van der Waals surface area contributed by atoms with Crippen LogP contribution >= 0.6 is 0 Å². The molecule has 3 heterocycles. The van der Waals surface area contributed by atoms with E-state index in [1.54, 1.807) is 6.92 Å². The lowest BCUT2D eigenvalue weighted by Gasteiger charge is -2.35. The van der Waals surface area contributed by atoms with E-state index in [1.807, 2.05) is 9.80 Å². The second-order valence-corrected chi connectivity index (χ2v) is 6.85. The topological polar surface area (TPSA) is 97.5 Å². The third-order valence-electron chi connectivity index (χ3n) is 5.00. The van der Waals surface area contributed by atoms with Gasteiger partial charge in [0.1, 0.15) is 12.2 Å². The van der Waals surface area contributed by atoms with Gasteiger partial charge in [-0.2, -0.15) is 5.10 Å². The summed E-state index contributed by atoms with van der Waals surface area (Å²) in [5.74, 6) is 1.33. The first kappa shape index (κ1) is 17.7. The average molecular weight is 349 g/mol. The van der Waals surface area contributed by atoms with E-state index in [2.05, 4.69) is 25.4 Å². The van der Waals surface area contributed by atoms with Gasteiger partial charge in [0, 0.05) is 52.7 Å². The third-order valence-corrected chi connectivity index (χ3v) is 5.00. The van der Waals surface area contributed by atoms with Crippen LogP contribution in [0.15, 0.2) is 6.33 Å². The quantitative estimate of drug-likeness (QED) is 0.790. The van der Waals surface area contributed by atoms with Gasteiger partial charge >= 0.3 is 6.03 Å². The molecule has 1 atom stereocenters. The summed E-state index contributed by atoms with van der Waals surface area (Å²) in [6.45, 7) is 7.66. The van der Waals surface area contributed by atoms with E-state index in [-0.39, 0.29) is 11.9 Å². The lowest BCUT2D eigenvalue weighted by atomic mass is 9.98. The van der Waals surface area contributed by atoms with Crippen LogP contribution in [-0.4, -0.2) is 87.6 Å². The number of likely N-dealkylation sites (tertiary alicyclic amines) is 1. The standard InChI is InChI=1S/C16H27N7O2/c1-13(24)23-4-2-3-14(10-23)9-17-16(25)22-7-5-21(6-8-22)11-15-18-12-19-20-15/h12,14H,2-11H2,1H3,(H,17,25)(H,18,19,20)/t14-/m1/s1. The second-order valence-electron chi connectivity index (χ2n) is 6.85. The summed E-state index contributed by atoms with van der Waals surface area (Å²) in [4.78, 5) is 34.0. The Labute approximate surface area is 147 Å². The first-order valence-corrected chi connectivity index (χ1v) is 8.96. The zero-order valence-corrected chi connectivity index (χ0v) is 14.8. The molecule has 2 aliphatic heterocycles. The number of amides is 3. The zero-order chi connectivity index (χ0) is 17.6. The predicted octanol–water partition coefficient (Wildman–Crippen LogP) is -0.110. The Bertz CT molecular complexity index is 569. The van der Waals surface area contributed by atoms with Crippen LogP contribution in [0.25, 0.3) is 0 Å². The van der Waals surface area contributed by atoms with Crippen molar-refractivity contribution >= 4 is 11.9 Å². The molecule has 9 heteroatoms. The van der Waals surface area contributed by atoms with E-state index < -0.39 is 0 Å². The number of H-pyrrole nitrogens is 1. The lowest BCUT2D eigenvalue weighted by molar-refractivity contribution is -0.130. The molecule has 1 aromatic heterocycles. The number of piperazine rings is 1. The minimum Gasteiger partial charge on any atom is -0.343 e. The number of nitrogens with one attached hydrogen (secondary N) is 2. The number of nitrogens with zero attached hydrogens (tertiary/aromatic N) is 5. The van der Waals surface area contributed by atoms with Crippen molar-refractivity contribution in [3.63, 3.8) is 0 Å². The fraction of sp³-hybridized carbons (Fsp3) is 0.750. The summed E-state index contributed by atoms with van der Waals surface area (Å²) in [6.07, 6.45) is 3.59. The maximum absolute atomic E-state index is 12.4. The number of hydrogen-bond acceptors (Lipinski definition) is 5. The first-order valence-electron chi connectivity index (χ1n) is 8.96. The highest BCUT2D eigenvalue weighted by Gasteiger charge is 2.24. The summed E-state index contributed by atoms with van der Waals surface area (Å²) in [5.41, 5.74) is 0. The number of piperidine rings is 1. The smallest absolute Gasteiger partial charge is 0.317 e. The van der Waals surface area contributed by atoms with Gasteiger partial charge in [-0.05, 0) is 18.8 Å². The van der Waals surface area contributed by atoms with Crippen molar-refractivity contribution in [2.45, 2.75) is 26.3 Å². The van der Waals surface area contributed by atoms with Crippen molar-refractivity contribution in [3.05, 3.63) is 12.2 Å². The highest BCUT2D eigenvalue weighted by Crippen LogP contribution is 2.16. The molecule has 0 unspecified atom stereocenters. The molecule has 2 saturated heterocycles. The molecule has 0 saturated carbocycles. The number of urea groups is 1. The van der Waals surface area contributed by atoms with E-state index in [1.165, 1.54) is 6.33 Å². The molecular formula is C16H27N7O2.